The zero-order valence-corrected chi connectivity index (χ0v) is 9.44. The summed E-state index contributed by atoms with van der Waals surface area (Å²) in [6, 6.07) is 6.94. The van der Waals surface area contributed by atoms with Crippen molar-refractivity contribution >= 4 is 11.7 Å². The van der Waals surface area contributed by atoms with Crippen LogP contribution in [0.4, 0.5) is 5.69 Å². The van der Waals surface area contributed by atoms with Crippen molar-refractivity contribution in [3.8, 4) is 5.75 Å². The van der Waals surface area contributed by atoms with E-state index in [4.69, 9.17) is 15.2 Å². The summed E-state index contributed by atoms with van der Waals surface area (Å²) >= 11 is 0. The Labute approximate surface area is 95.3 Å². The maximum atomic E-state index is 11.2. The van der Waals surface area contributed by atoms with Crippen LogP contribution in [0.1, 0.15) is 19.8 Å². The minimum atomic E-state index is -0.351. The molecule has 0 radical (unpaired) electrons. The number of unbranched alkanes of at least 4 members (excludes halogenated alkanes) is 1. The van der Waals surface area contributed by atoms with Crippen LogP contribution in [0.2, 0.25) is 0 Å². The topological polar surface area (TPSA) is 61.5 Å². The smallest absolute Gasteiger partial charge is 0.344 e. The third-order valence-electron chi connectivity index (χ3n) is 1.98. The Morgan fingerprint density at radius 3 is 2.94 bits per heavy atom. The average molecular weight is 223 g/mol. The molecule has 0 saturated heterocycles. The summed E-state index contributed by atoms with van der Waals surface area (Å²) in [5.74, 6) is 0.225. The second kappa shape index (κ2) is 6.71. The fourth-order valence-corrected chi connectivity index (χ4v) is 1.12. The summed E-state index contributed by atoms with van der Waals surface area (Å²) in [5.41, 5.74) is 6.18. The second-order valence-corrected chi connectivity index (χ2v) is 3.44. The molecule has 4 nitrogen and oxygen atoms in total. The van der Waals surface area contributed by atoms with Crippen LogP contribution < -0.4 is 10.5 Å². The van der Waals surface area contributed by atoms with Crippen molar-refractivity contribution in [1.82, 2.24) is 0 Å². The molecule has 0 amide bonds. The number of benzene rings is 1. The molecule has 0 aliphatic heterocycles. The number of ether oxygens (including phenoxy) is 2. The number of anilines is 1. The molecule has 0 atom stereocenters. The lowest BCUT2D eigenvalue weighted by atomic mass is 10.3. The van der Waals surface area contributed by atoms with Gasteiger partial charge in [0.25, 0.3) is 0 Å². The standard InChI is InChI=1S/C12H17NO3/c1-2-3-7-15-12(14)9-16-11-6-4-5-10(13)8-11/h4-6,8H,2-3,7,9,13H2,1H3. The van der Waals surface area contributed by atoms with E-state index in [-0.39, 0.29) is 12.6 Å². The van der Waals surface area contributed by atoms with Gasteiger partial charge in [-0.25, -0.2) is 4.79 Å². The largest absolute Gasteiger partial charge is 0.482 e. The Morgan fingerprint density at radius 1 is 1.44 bits per heavy atom. The van der Waals surface area contributed by atoms with Crippen molar-refractivity contribution in [2.75, 3.05) is 18.9 Å². The van der Waals surface area contributed by atoms with E-state index in [0.29, 0.717) is 18.0 Å². The molecule has 88 valence electrons. The van der Waals surface area contributed by atoms with Crippen LogP contribution in [0.25, 0.3) is 0 Å². The Kier molecular flexibility index (Phi) is 5.19. The van der Waals surface area contributed by atoms with E-state index < -0.39 is 0 Å². The molecule has 1 aromatic rings. The van der Waals surface area contributed by atoms with Gasteiger partial charge in [0, 0.05) is 11.8 Å². The molecule has 0 fully saturated rings. The maximum absolute atomic E-state index is 11.2. The van der Waals surface area contributed by atoms with Gasteiger partial charge < -0.3 is 15.2 Å². The first-order valence-corrected chi connectivity index (χ1v) is 5.36. The maximum Gasteiger partial charge on any atom is 0.344 e. The van der Waals surface area contributed by atoms with Gasteiger partial charge >= 0.3 is 5.97 Å². The van der Waals surface area contributed by atoms with Crippen LogP contribution in [0, 0.1) is 0 Å². The van der Waals surface area contributed by atoms with Crippen molar-refractivity contribution in [3.63, 3.8) is 0 Å². The van der Waals surface area contributed by atoms with Gasteiger partial charge in [0.05, 0.1) is 6.61 Å². The highest BCUT2D eigenvalue weighted by molar-refractivity contribution is 5.71. The van der Waals surface area contributed by atoms with Gasteiger partial charge in [0.15, 0.2) is 6.61 Å². The van der Waals surface area contributed by atoms with E-state index in [1.165, 1.54) is 0 Å². The number of esters is 1. The van der Waals surface area contributed by atoms with E-state index in [1.54, 1.807) is 24.3 Å². The lowest BCUT2D eigenvalue weighted by Crippen LogP contribution is -2.15. The van der Waals surface area contributed by atoms with Crippen LogP contribution in [0.15, 0.2) is 24.3 Å². The highest BCUT2D eigenvalue weighted by Crippen LogP contribution is 2.14. The average Bonchev–Trinajstić information content (AvgIpc) is 2.27. The van der Waals surface area contributed by atoms with Crippen molar-refractivity contribution < 1.29 is 14.3 Å². The molecule has 1 aromatic carbocycles. The Bertz CT molecular complexity index is 339. The van der Waals surface area contributed by atoms with Crippen LogP contribution >= 0.6 is 0 Å². The summed E-state index contributed by atoms with van der Waals surface area (Å²) < 4.78 is 10.2. The van der Waals surface area contributed by atoms with Gasteiger partial charge in [0.2, 0.25) is 0 Å². The number of nitrogen functional groups attached to an aromatic ring is 1. The lowest BCUT2D eigenvalue weighted by molar-refractivity contribution is -0.146. The van der Waals surface area contributed by atoms with Crippen molar-refractivity contribution in [2.24, 2.45) is 0 Å². The molecule has 2 N–H and O–H groups in total. The van der Waals surface area contributed by atoms with Crippen LogP contribution in [-0.2, 0) is 9.53 Å². The van der Waals surface area contributed by atoms with Crippen LogP contribution in [-0.4, -0.2) is 19.2 Å². The minimum Gasteiger partial charge on any atom is -0.482 e. The SMILES string of the molecule is CCCCOC(=O)COc1cccc(N)c1. The van der Waals surface area contributed by atoms with Gasteiger partial charge in [0.1, 0.15) is 5.75 Å². The summed E-state index contributed by atoms with van der Waals surface area (Å²) in [5, 5.41) is 0. The highest BCUT2D eigenvalue weighted by Gasteiger charge is 2.03. The third kappa shape index (κ3) is 4.68. The van der Waals surface area contributed by atoms with Crippen LogP contribution in [0.3, 0.4) is 0 Å². The molecule has 0 unspecified atom stereocenters. The number of carbonyl (C=O) groups is 1. The number of carbonyl (C=O) groups excluding carboxylic acids is 1. The van der Waals surface area contributed by atoms with E-state index in [1.807, 2.05) is 6.92 Å². The molecule has 16 heavy (non-hydrogen) atoms. The van der Waals surface area contributed by atoms with Crippen LogP contribution in [0.5, 0.6) is 5.75 Å². The summed E-state index contributed by atoms with van der Waals surface area (Å²) in [6.45, 7) is 2.42. The second-order valence-electron chi connectivity index (χ2n) is 3.44. The summed E-state index contributed by atoms with van der Waals surface area (Å²) in [6.07, 6.45) is 1.88. The zero-order chi connectivity index (χ0) is 11.8. The first kappa shape index (κ1) is 12.4. The molecule has 0 aromatic heterocycles. The number of nitrogens with two attached hydrogens (primary N) is 1. The van der Waals surface area contributed by atoms with E-state index in [2.05, 4.69) is 0 Å². The Morgan fingerprint density at radius 2 is 2.25 bits per heavy atom. The monoisotopic (exact) mass is 223 g/mol. The van der Waals surface area contributed by atoms with Crippen molar-refractivity contribution in [3.05, 3.63) is 24.3 Å². The number of hydrogen-bond donors (Lipinski definition) is 1. The van der Waals surface area contributed by atoms with E-state index in [0.717, 1.165) is 12.8 Å². The summed E-state index contributed by atoms with van der Waals surface area (Å²) in [4.78, 5) is 11.2. The number of rotatable bonds is 6. The first-order chi connectivity index (χ1) is 7.72. The Hall–Kier alpha value is -1.71. The molecule has 1 rings (SSSR count). The molecule has 0 saturated carbocycles. The van der Waals surface area contributed by atoms with E-state index >= 15 is 0 Å². The minimum absolute atomic E-state index is 0.0762. The molecule has 0 bridgehead atoms. The molecule has 0 spiro atoms. The van der Waals surface area contributed by atoms with Gasteiger partial charge in [-0.1, -0.05) is 19.4 Å². The molecular formula is C12H17NO3. The fourth-order valence-electron chi connectivity index (χ4n) is 1.12. The van der Waals surface area contributed by atoms with E-state index in [9.17, 15) is 4.79 Å². The predicted molar refractivity (Wildman–Crippen MR) is 62.2 cm³/mol. The molecular weight excluding hydrogens is 206 g/mol. The molecule has 0 aliphatic carbocycles. The lowest BCUT2D eigenvalue weighted by Gasteiger charge is -2.06. The Balaban J connectivity index is 2.26. The highest BCUT2D eigenvalue weighted by atomic mass is 16.6. The van der Waals surface area contributed by atoms with Crippen molar-refractivity contribution in [2.45, 2.75) is 19.8 Å². The third-order valence-corrected chi connectivity index (χ3v) is 1.98. The predicted octanol–water partition coefficient (Wildman–Crippen LogP) is 1.99. The molecule has 4 heteroatoms. The van der Waals surface area contributed by atoms with Gasteiger partial charge in [-0.15, -0.1) is 0 Å². The fraction of sp³-hybridized carbons (Fsp3) is 0.417. The normalized spacial score (nSPS) is 9.81. The van der Waals surface area contributed by atoms with Crippen molar-refractivity contribution in [1.29, 1.82) is 0 Å². The number of hydrogen-bond acceptors (Lipinski definition) is 4. The quantitative estimate of drug-likeness (QED) is 0.455. The summed E-state index contributed by atoms with van der Waals surface area (Å²) in [7, 11) is 0. The molecule has 0 heterocycles. The van der Waals surface area contributed by atoms with Gasteiger partial charge in [-0.3, -0.25) is 0 Å². The molecule has 0 aliphatic rings. The zero-order valence-electron chi connectivity index (χ0n) is 9.44. The van der Waals surface area contributed by atoms with Gasteiger partial charge in [-0.2, -0.15) is 0 Å². The van der Waals surface area contributed by atoms with Gasteiger partial charge in [-0.05, 0) is 18.6 Å². The first-order valence-electron chi connectivity index (χ1n) is 5.36.